The summed E-state index contributed by atoms with van der Waals surface area (Å²) in [6.45, 7) is 4.53. The largest absolute Gasteiger partial charge is 0.314 e. The van der Waals surface area contributed by atoms with Crippen LogP contribution in [0.25, 0.3) is 0 Å². The molecule has 1 N–H and O–H groups in total. The maximum absolute atomic E-state index is 12.8. The molecule has 1 aliphatic carbocycles. The van der Waals surface area contributed by atoms with Gasteiger partial charge >= 0.3 is 0 Å². The quantitative estimate of drug-likeness (QED) is 0.853. The van der Waals surface area contributed by atoms with Gasteiger partial charge in [0.05, 0.1) is 11.1 Å². The van der Waals surface area contributed by atoms with Gasteiger partial charge in [-0.05, 0) is 30.9 Å². The maximum atomic E-state index is 12.8. The van der Waals surface area contributed by atoms with E-state index in [1.807, 2.05) is 12.1 Å². The third-order valence-electron chi connectivity index (χ3n) is 6.06. The molecule has 1 atom stereocenters. The van der Waals surface area contributed by atoms with Gasteiger partial charge in [0, 0.05) is 38.8 Å². The highest BCUT2D eigenvalue weighted by atomic mass is 16.2. The minimum atomic E-state index is -0.114. The highest BCUT2D eigenvalue weighted by Crippen LogP contribution is 2.31. The Labute approximate surface area is 149 Å². The van der Waals surface area contributed by atoms with E-state index in [-0.39, 0.29) is 11.8 Å². The summed E-state index contributed by atoms with van der Waals surface area (Å²) in [6.07, 6.45) is 6.30. The number of hydrogen-bond acceptors (Lipinski definition) is 4. The van der Waals surface area contributed by atoms with Crippen LogP contribution in [0.1, 0.15) is 52.8 Å². The van der Waals surface area contributed by atoms with E-state index < -0.39 is 0 Å². The van der Waals surface area contributed by atoms with E-state index in [4.69, 9.17) is 0 Å². The molecule has 4 rings (SSSR count). The number of carbonyl (C=O) groups excluding carboxylic acids is 2. The fraction of sp³-hybridized carbons (Fsp3) is 0.600. The van der Waals surface area contributed by atoms with Crippen LogP contribution >= 0.6 is 0 Å². The van der Waals surface area contributed by atoms with Crippen LogP contribution in [-0.2, 0) is 0 Å². The highest BCUT2D eigenvalue weighted by molar-refractivity contribution is 6.21. The van der Waals surface area contributed by atoms with Crippen LogP contribution in [-0.4, -0.2) is 60.4 Å². The van der Waals surface area contributed by atoms with E-state index in [1.165, 1.54) is 37.0 Å². The van der Waals surface area contributed by atoms with Crippen molar-refractivity contribution in [3.8, 4) is 0 Å². The number of fused-ring (bicyclic) bond motifs is 1. The number of imide groups is 1. The molecule has 0 radical (unpaired) electrons. The first kappa shape index (κ1) is 16.7. The Bertz CT molecular complexity index is 595. The summed E-state index contributed by atoms with van der Waals surface area (Å²) in [5, 5.41) is 3.41. The molecular formula is C20H27N3O2. The number of amides is 2. The number of nitrogens with zero attached hydrogens (tertiary/aromatic N) is 2. The van der Waals surface area contributed by atoms with Crippen molar-refractivity contribution in [2.24, 2.45) is 5.92 Å². The third kappa shape index (κ3) is 3.23. The van der Waals surface area contributed by atoms with Crippen molar-refractivity contribution in [2.75, 3.05) is 32.7 Å². The fourth-order valence-corrected chi connectivity index (χ4v) is 4.69. The lowest BCUT2D eigenvalue weighted by molar-refractivity contribution is 0.0471. The summed E-state index contributed by atoms with van der Waals surface area (Å²) in [5.41, 5.74) is 1.13. The minimum Gasteiger partial charge on any atom is -0.314 e. The van der Waals surface area contributed by atoms with Crippen LogP contribution in [0.4, 0.5) is 0 Å². The number of benzene rings is 1. The average molecular weight is 341 g/mol. The molecule has 0 spiro atoms. The topological polar surface area (TPSA) is 52.7 Å². The summed E-state index contributed by atoms with van der Waals surface area (Å²) in [6, 6.07) is 7.52. The van der Waals surface area contributed by atoms with Crippen molar-refractivity contribution in [2.45, 2.75) is 38.1 Å². The SMILES string of the molecule is O=C1c2ccccc2C(=O)N1CC(C1CCCCC1)N1CCNCC1. The molecule has 134 valence electrons. The van der Waals surface area contributed by atoms with Crippen molar-refractivity contribution in [1.29, 1.82) is 0 Å². The Kier molecular flexibility index (Phi) is 4.86. The smallest absolute Gasteiger partial charge is 0.261 e. The van der Waals surface area contributed by atoms with Gasteiger partial charge < -0.3 is 5.32 Å². The van der Waals surface area contributed by atoms with Gasteiger partial charge in [-0.1, -0.05) is 31.4 Å². The second-order valence-corrected chi connectivity index (χ2v) is 7.52. The zero-order valence-electron chi connectivity index (χ0n) is 14.7. The molecule has 2 amide bonds. The van der Waals surface area contributed by atoms with E-state index >= 15 is 0 Å². The number of piperazine rings is 1. The summed E-state index contributed by atoms with van der Waals surface area (Å²) in [4.78, 5) is 29.6. The Morgan fingerprint density at radius 3 is 2.16 bits per heavy atom. The van der Waals surface area contributed by atoms with Gasteiger partial charge in [-0.3, -0.25) is 19.4 Å². The number of nitrogens with one attached hydrogen (secondary N) is 1. The van der Waals surface area contributed by atoms with Crippen LogP contribution in [0, 0.1) is 5.92 Å². The molecule has 2 fully saturated rings. The molecule has 25 heavy (non-hydrogen) atoms. The molecule has 3 aliphatic rings. The van der Waals surface area contributed by atoms with Gasteiger partial charge in [0.15, 0.2) is 0 Å². The van der Waals surface area contributed by atoms with Crippen molar-refractivity contribution in [3.05, 3.63) is 35.4 Å². The Morgan fingerprint density at radius 2 is 1.56 bits per heavy atom. The van der Waals surface area contributed by atoms with Crippen LogP contribution in [0.2, 0.25) is 0 Å². The maximum Gasteiger partial charge on any atom is 0.261 e. The predicted octanol–water partition coefficient (Wildman–Crippen LogP) is 2.14. The molecule has 1 unspecified atom stereocenters. The molecule has 2 heterocycles. The van der Waals surface area contributed by atoms with Gasteiger partial charge in [0.25, 0.3) is 11.8 Å². The third-order valence-corrected chi connectivity index (χ3v) is 6.06. The van der Waals surface area contributed by atoms with E-state index in [0.717, 1.165) is 26.2 Å². The number of rotatable bonds is 4. The Hall–Kier alpha value is -1.72. The number of hydrogen-bond donors (Lipinski definition) is 1. The summed E-state index contributed by atoms with van der Waals surface area (Å²) in [5.74, 6) is 0.365. The van der Waals surface area contributed by atoms with Crippen LogP contribution in [0.15, 0.2) is 24.3 Å². The van der Waals surface area contributed by atoms with Crippen LogP contribution in [0.3, 0.4) is 0 Å². The molecule has 5 heteroatoms. The van der Waals surface area contributed by atoms with Crippen LogP contribution < -0.4 is 5.32 Å². The molecular weight excluding hydrogens is 314 g/mol. The normalized spacial score (nSPS) is 23.8. The first-order valence-corrected chi connectivity index (χ1v) is 9.65. The number of carbonyl (C=O) groups is 2. The lowest BCUT2D eigenvalue weighted by atomic mass is 9.82. The first-order chi connectivity index (χ1) is 12.3. The molecule has 5 nitrogen and oxygen atoms in total. The first-order valence-electron chi connectivity index (χ1n) is 9.65. The van der Waals surface area contributed by atoms with Crippen molar-refractivity contribution >= 4 is 11.8 Å². The summed E-state index contributed by atoms with van der Waals surface area (Å²) < 4.78 is 0. The molecule has 1 saturated heterocycles. The van der Waals surface area contributed by atoms with Gasteiger partial charge in [0.2, 0.25) is 0 Å². The predicted molar refractivity (Wildman–Crippen MR) is 96.6 cm³/mol. The van der Waals surface area contributed by atoms with Crippen molar-refractivity contribution < 1.29 is 9.59 Å². The van der Waals surface area contributed by atoms with Gasteiger partial charge in [0.1, 0.15) is 0 Å². The van der Waals surface area contributed by atoms with Gasteiger partial charge in [-0.25, -0.2) is 0 Å². The zero-order valence-corrected chi connectivity index (χ0v) is 14.7. The zero-order chi connectivity index (χ0) is 17.2. The molecule has 1 aromatic rings. The Morgan fingerprint density at radius 1 is 0.960 bits per heavy atom. The molecule has 0 bridgehead atoms. The summed E-state index contributed by atoms with van der Waals surface area (Å²) in [7, 11) is 0. The minimum absolute atomic E-state index is 0.114. The lowest BCUT2D eigenvalue weighted by Crippen LogP contribution is -2.55. The summed E-state index contributed by atoms with van der Waals surface area (Å²) >= 11 is 0. The van der Waals surface area contributed by atoms with Crippen molar-refractivity contribution in [1.82, 2.24) is 15.1 Å². The van der Waals surface area contributed by atoms with E-state index in [1.54, 1.807) is 12.1 Å². The second-order valence-electron chi connectivity index (χ2n) is 7.52. The second kappa shape index (κ2) is 7.26. The monoisotopic (exact) mass is 341 g/mol. The Balaban J connectivity index is 1.56. The molecule has 0 aromatic heterocycles. The standard InChI is InChI=1S/C20H27N3O2/c24-19-16-8-4-5-9-17(16)20(25)23(19)14-18(15-6-2-1-3-7-15)22-12-10-21-11-13-22/h4-5,8-9,15,18,21H,1-3,6-7,10-14H2. The van der Waals surface area contributed by atoms with E-state index in [9.17, 15) is 9.59 Å². The fourth-order valence-electron chi connectivity index (χ4n) is 4.69. The highest BCUT2D eigenvalue weighted by Gasteiger charge is 2.39. The molecule has 1 aromatic carbocycles. The average Bonchev–Trinajstić information content (AvgIpc) is 2.92. The molecule has 2 aliphatic heterocycles. The molecule has 1 saturated carbocycles. The van der Waals surface area contributed by atoms with E-state index in [0.29, 0.717) is 29.6 Å². The van der Waals surface area contributed by atoms with E-state index in [2.05, 4.69) is 10.2 Å². The lowest BCUT2D eigenvalue weighted by Gasteiger charge is -2.42. The van der Waals surface area contributed by atoms with Gasteiger partial charge in [-0.15, -0.1) is 0 Å². The van der Waals surface area contributed by atoms with Gasteiger partial charge in [-0.2, -0.15) is 0 Å². The van der Waals surface area contributed by atoms with Crippen LogP contribution in [0.5, 0.6) is 0 Å². The van der Waals surface area contributed by atoms with Crippen molar-refractivity contribution in [3.63, 3.8) is 0 Å².